The highest BCUT2D eigenvalue weighted by atomic mass is 16.4. The third kappa shape index (κ3) is 3.47. The van der Waals surface area contributed by atoms with Crippen LogP contribution >= 0.6 is 0 Å². The van der Waals surface area contributed by atoms with E-state index in [1.807, 2.05) is 6.92 Å². The molecule has 1 amide bonds. The second-order valence-electron chi connectivity index (χ2n) is 5.36. The minimum Gasteiger partial charge on any atom is -0.481 e. The summed E-state index contributed by atoms with van der Waals surface area (Å²) in [6, 6.07) is -0.174. The van der Waals surface area contributed by atoms with Gasteiger partial charge in [-0.25, -0.2) is 0 Å². The molecule has 1 rings (SSSR count). The van der Waals surface area contributed by atoms with Crippen molar-refractivity contribution in [2.24, 2.45) is 17.8 Å². The zero-order valence-electron chi connectivity index (χ0n) is 11.6. The standard InChI is InChI=1S/C14H25NO3/c1-4-10(5-2)9(3)13(16)15-12-8-6-7-11(12)14(17)18/h9-12H,4-8H2,1-3H3,(H,15,16)(H,17,18)/t9?,11-,12+/m0/s1. The molecule has 0 radical (unpaired) electrons. The number of nitrogens with one attached hydrogen (secondary N) is 1. The van der Waals surface area contributed by atoms with E-state index in [0.29, 0.717) is 12.3 Å². The van der Waals surface area contributed by atoms with E-state index >= 15 is 0 Å². The monoisotopic (exact) mass is 255 g/mol. The molecule has 104 valence electrons. The normalized spacial score (nSPS) is 25.1. The lowest BCUT2D eigenvalue weighted by atomic mass is 9.88. The number of carbonyl (C=O) groups is 2. The lowest BCUT2D eigenvalue weighted by Crippen LogP contribution is -2.43. The van der Waals surface area contributed by atoms with E-state index < -0.39 is 11.9 Å². The Morgan fingerprint density at radius 3 is 2.39 bits per heavy atom. The number of rotatable bonds is 6. The number of carboxylic acids is 1. The lowest BCUT2D eigenvalue weighted by molar-refractivity contribution is -0.142. The van der Waals surface area contributed by atoms with E-state index in [-0.39, 0.29) is 17.9 Å². The summed E-state index contributed by atoms with van der Waals surface area (Å²) in [6.07, 6.45) is 4.33. The Hall–Kier alpha value is -1.06. The molecule has 0 spiro atoms. The van der Waals surface area contributed by atoms with Crippen molar-refractivity contribution in [2.45, 2.75) is 58.9 Å². The Labute approximate surface area is 109 Å². The van der Waals surface area contributed by atoms with Gasteiger partial charge in [0.2, 0.25) is 5.91 Å². The highest BCUT2D eigenvalue weighted by molar-refractivity contribution is 5.80. The van der Waals surface area contributed by atoms with Crippen molar-refractivity contribution in [3.05, 3.63) is 0 Å². The number of hydrogen-bond acceptors (Lipinski definition) is 2. The summed E-state index contributed by atoms with van der Waals surface area (Å²) >= 11 is 0. The minimum absolute atomic E-state index is 0.0156. The summed E-state index contributed by atoms with van der Waals surface area (Å²) in [6.45, 7) is 6.12. The van der Waals surface area contributed by atoms with Gasteiger partial charge in [0.15, 0.2) is 0 Å². The van der Waals surface area contributed by atoms with Gasteiger partial charge in [-0.2, -0.15) is 0 Å². The zero-order valence-corrected chi connectivity index (χ0v) is 11.6. The van der Waals surface area contributed by atoms with Gasteiger partial charge in [0, 0.05) is 12.0 Å². The maximum atomic E-state index is 12.1. The van der Waals surface area contributed by atoms with Gasteiger partial charge in [-0.1, -0.05) is 40.0 Å². The predicted molar refractivity (Wildman–Crippen MR) is 70.1 cm³/mol. The molecule has 2 N–H and O–H groups in total. The molecular weight excluding hydrogens is 230 g/mol. The Morgan fingerprint density at radius 2 is 1.89 bits per heavy atom. The topological polar surface area (TPSA) is 66.4 Å². The number of hydrogen-bond donors (Lipinski definition) is 2. The van der Waals surface area contributed by atoms with Crippen LogP contribution in [0.2, 0.25) is 0 Å². The van der Waals surface area contributed by atoms with Crippen molar-refractivity contribution in [3.8, 4) is 0 Å². The average Bonchev–Trinajstić information content (AvgIpc) is 2.78. The van der Waals surface area contributed by atoms with Crippen molar-refractivity contribution in [1.82, 2.24) is 5.32 Å². The van der Waals surface area contributed by atoms with Gasteiger partial charge in [0.25, 0.3) is 0 Å². The van der Waals surface area contributed by atoms with Gasteiger partial charge < -0.3 is 10.4 Å². The highest BCUT2D eigenvalue weighted by Crippen LogP contribution is 2.27. The molecule has 1 fully saturated rings. The van der Waals surface area contributed by atoms with E-state index in [9.17, 15) is 9.59 Å². The summed E-state index contributed by atoms with van der Waals surface area (Å²) in [5, 5.41) is 12.0. The maximum Gasteiger partial charge on any atom is 0.308 e. The molecule has 0 bridgehead atoms. The van der Waals surface area contributed by atoms with Gasteiger partial charge >= 0.3 is 5.97 Å². The van der Waals surface area contributed by atoms with Gasteiger partial charge in [-0.3, -0.25) is 9.59 Å². The second-order valence-corrected chi connectivity index (χ2v) is 5.36. The molecular formula is C14H25NO3. The predicted octanol–water partition coefficient (Wildman–Crippen LogP) is 2.43. The quantitative estimate of drug-likeness (QED) is 0.766. The fourth-order valence-corrected chi connectivity index (χ4v) is 2.95. The van der Waals surface area contributed by atoms with E-state index in [2.05, 4.69) is 19.2 Å². The average molecular weight is 255 g/mol. The number of carboxylic acid groups (broad SMARTS) is 1. The molecule has 0 saturated heterocycles. The van der Waals surface area contributed by atoms with E-state index in [4.69, 9.17) is 5.11 Å². The smallest absolute Gasteiger partial charge is 0.308 e. The summed E-state index contributed by atoms with van der Waals surface area (Å²) in [4.78, 5) is 23.2. The van der Waals surface area contributed by atoms with Gasteiger partial charge in [-0.15, -0.1) is 0 Å². The molecule has 0 aromatic heterocycles. The van der Waals surface area contributed by atoms with Crippen molar-refractivity contribution in [3.63, 3.8) is 0 Å². The van der Waals surface area contributed by atoms with E-state index in [0.717, 1.165) is 25.7 Å². The molecule has 4 nitrogen and oxygen atoms in total. The first kappa shape index (κ1) is 15.0. The lowest BCUT2D eigenvalue weighted by Gasteiger charge is -2.24. The molecule has 18 heavy (non-hydrogen) atoms. The summed E-state index contributed by atoms with van der Waals surface area (Å²) < 4.78 is 0. The van der Waals surface area contributed by atoms with Gasteiger partial charge in [0.1, 0.15) is 0 Å². The fraction of sp³-hybridized carbons (Fsp3) is 0.857. The third-order valence-corrected chi connectivity index (χ3v) is 4.33. The zero-order chi connectivity index (χ0) is 13.7. The number of carbonyl (C=O) groups excluding carboxylic acids is 1. The van der Waals surface area contributed by atoms with Crippen LogP contribution in [0.1, 0.15) is 52.9 Å². The molecule has 1 unspecified atom stereocenters. The first-order valence-corrected chi connectivity index (χ1v) is 7.04. The molecule has 4 heteroatoms. The summed E-state index contributed by atoms with van der Waals surface area (Å²) in [5.74, 6) is -0.817. The third-order valence-electron chi connectivity index (χ3n) is 4.33. The van der Waals surface area contributed by atoms with Crippen LogP contribution < -0.4 is 5.32 Å². The Bertz CT molecular complexity index is 299. The minimum atomic E-state index is -0.784. The molecule has 0 aromatic carbocycles. The Kier molecular flexibility index (Phi) is 5.63. The Morgan fingerprint density at radius 1 is 1.28 bits per heavy atom. The van der Waals surface area contributed by atoms with Crippen LogP contribution in [0.5, 0.6) is 0 Å². The number of amides is 1. The number of aliphatic carboxylic acids is 1. The van der Waals surface area contributed by atoms with Crippen molar-refractivity contribution in [2.75, 3.05) is 0 Å². The molecule has 1 aliphatic carbocycles. The van der Waals surface area contributed by atoms with E-state index in [1.54, 1.807) is 0 Å². The second kappa shape index (κ2) is 6.76. The van der Waals surface area contributed by atoms with Crippen molar-refractivity contribution >= 4 is 11.9 Å². The largest absolute Gasteiger partial charge is 0.481 e. The van der Waals surface area contributed by atoms with Crippen LogP contribution in [0, 0.1) is 17.8 Å². The molecule has 1 aliphatic rings. The van der Waals surface area contributed by atoms with Crippen molar-refractivity contribution < 1.29 is 14.7 Å². The van der Waals surface area contributed by atoms with Crippen molar-refractivity contribution in [1.29, 1.82) is 0 Å². The SMILES string of the molecule is CCC(CC)C(C)C(=O)N[C@@H]1CCC[C@@H]1C(=O)O. The maximum absolute atomic E-state index is 12.1. The molecule has 3 atom stereocenters. The molecule has 0 aromatic rings. The molecule has 0 heterocycles. The van der Waals surface area contributed by atoms with Crippen LogP contribution in [0.25, 0.3) is 0 Å². The van der Waals surface area contributed by atoms with Gasteiger partial charge in [0.05, 0.1) is 5.92 Å². The first-order chi connectivity index (χ1) is 8.51. The van der Waals surface area contributed by atoms with Crippen LogP contribution in [-0.2, 0) is 9.59 Å². The van der Waals surface area contributed by atoms with Crippen LogP contribution in [0.15, 0.2) is 0 Å². The molecule has 1 saturated carbocycles. The summed E-state index contributed by atoms with van der Waals surface area (Å²) in [7, 11) is 0. The van der Waals surface area contributed by atoms with E-state index in [1.165, 1.54) is 0 Å². The van der Waals surface area contributed by atoms with Crippen LogP contribution in [-0.4, -0.2) is 23.0 Å². The molecule has 0 aliphatic heterocycles. The highest BCUT2D eigenvalue weighted by Gasteiger charge is 2.35. The van der Waals surface area contributed by atoms with Crippen LogP contribution in [0.3, 0.4) is 0 Å². The van der Waals surface area contributed by atoms with Crippen LogP contribution in [0.4, 0.5) is 0 Å². The first-order valence-electron chi connectivity index (χ1n) is 7.04. The summed E-state index contributed by atoms with van der Waals surface area (Å²) in [5.41, 5.74) is 0. The Balaban J connectivity index is 2.56. The fourth-order valence-electron chi connectivity index (χ4n) is 2.95. The van der Waals surface area contributed by atoms with Gasteiger partial charge in [-0.05, 0) is 18.8 Å².